The first kappa shape index (κ1) is 40.3. The predicted octanol–water partition coefficient (Wildman–Crippen LogP) is -0.748. The van der Waals surface area contributed by atoms with E-state index in [9.17, 15) is 61.0 Å². The van der Waals surface area contributed by atoms with E-state index in [0.717, 1.165) is 24.3 Å². The third-order valence-electron chi connectivity index (χ3n) is 9.20. The minimum Gasteiger partial charge on any atom is -0.508 e. The molecule has 3 aromatic rings. The number of carbonyl (C=O) groups excluding carboxylic acids is 1. The molecule has 0 aromatic heterocycles. The Hall–Kier alpha value is -5.35. The molecule has 0 amide bonds. The molecule has 3 aromatic carbocycles. The van der Waals surface area contributed by atoms with E-state index in [0.29, 0.717) is 5.56 Å². The van der Waals surface area contributed by atoms with E-state index in [-0.39, 0.29) is 39.9 Å². The molecule has 6 rings (SSSR count). The fraction of sp³-hybridized carbons (Fsp3) is 0.378. The third-order valence-corrected chi connectivity index (χ3v) is 9.20. The van der Waals surface area contributed by atoms with E-state index >= 15 is 0 Å². The van der Waals surface area contributed by atoms with Crippen LogP contribution in [0, 0.1) is 0 Å². The number of aromatic hydroxyl groups is 4. The largest absolute Gasteiger partial charge is 0.508 e. The van der Waals surface area contributed by atoms with Gasteiger partial charge in [-0.2, -0.15) is 0 Å². The fourth-order valence-corrected chi connectivity index (χ4v) is 6.11. The number of carbonyl (C=O) groups is 1. The molecule has 0 spiro atoms. The van der Waals surface area contributed by atoms with Crippen molar-refractivity contribution in [3.05, 3.63) is 77.1 Å². The molecule has 3 aliphatic heterocycles. The van der Waals surface area contributed by atoms with Crippen LogP contribution in [0.2, 0.25) is 0 Å². The van der Waals surface area contributed by atoms with Crippen LogP contribution in [0.5, 0.6) is 40.2 Å². The summed E-state index contributed by atoms with van der Waals surface area (Å²) in [5.74, 6) is -2.77. The quantitative estimate of drug-likeness (QED) is 0.0647. The van der Waals surface area contributed by atoms with E-state index in [1.807, 2.05) is 0 Å². The van der Waals surface area contributed by atoms with Crippen molar-refractivity contribution in [2.24, 2.45) is 0 Å². The zero-order valence-electron chi connectivity index (χ0n) is 29.3. The number of phenolic OH excluding ortho intramolecular Hbond substituents is 4. The highest BCUT2D eigenvalue weighted by Gasteiger charge is 2.48. The molecule has 302 valence electrons. The van der Waals surface area contributed by atoms with E-state index in [4.69, 9.17) is 33.2 Å². The number of methoxy groups -OCH3 is 1. The number of phenols is 4. The lowest BCUT2D eigenvalue weighted by atomic mass is 9.98. The molecular formula is C37H40O19. The molecule has 19 heteroatoms. The van der Waals surface area contributed by atoms with Crippen molar-refractivity contribution in [3.63, 3.8) is 0 Å². The molecule has 3 aliphatic rings. The Morgan fingerprint density at radius 1 is 0.732 bits per heavy atom. The first-order chi connectivity index (χ1) is 26.7. The normalized spacial score (nSPS) is 30.1. The maximum atomic E-state index is 12.6. The first-order valence-corrected chi connectivity index (χ1v) is 17.0. The number of rotatable bonds is 11. The molecule has 11 N–H and O–H groups in total. The molecule has 11 atom stereocenters. The Morgan fingerprint density at radius 3 is 2.07 bits per heavy atom. The van der Waals surface area contributed by atoms with Crippen LogP contribution in [-0.2, 0) is 23.7 Å². The fourth-order valence-electron chi connectivity index (χ4n) is 6.11. The molecule has 0 saturated carbocycles. The minimum absolute atomic E-state index is 0.0170. The van der Waals surface area contributed by atoms with E-state index in [1.54, 1.807) is 0 Å². The van der Waals surface area contributed by atoms with E-state index in [2.05, 4.69) is 0 Å². The van der Waals surface area contributed by atoms with Crippen LogP contribution in [0.4, 0.5) is 0 Å². The van der Waals surface area contributed by atoms with Gasteiger partial charge in [0.15, 0.2) is 29.1 Å². The Morgan fingerprint density at radius 2 is 1.39 bits per heavy atom. The monoisotopic (exact) mass is 788 g/mol. The zero-order chi connectivity index (χ0) is 40.4. The summed E-state index contributed by atoms with van der Waals surface area (Å²) in [4.78, 5) is 12.6. The molecule has 1 unspecified atom stereocenters. The van der Waals surface area contributed by atoms with Gasteiger partial charge < -0.3 is 89.3 Å². The number of aliphatic hydroxyl groups is 7. The summed E-state index contributed by atoms with van der Waals surface area (Å²) in [5.41, 5.74) is 0.658. The van der Waals surface area contributed by atoms with Crippen molar-refractivity contribution >= 4 is 18.1 Å². The van der Waals surface area contributed by atoms with Crippen molar-refractivity contribution < 1.29 is 94.1 Å². The number of ether oxygens (including phenoxy) is 7. The van der Waals surface area contributed by atoms with Gasteiger partial charge in [0.1, 0.15) is 78.4 Å². The van der Waals surface area contributed by atoms with Gasteiger partial charge in [0, 0.05) is 23.8 Å². The molecule has 56 heavy (non-hydrogen) atoms. The van der Waals surface area contributed by atoms with Crippen LogP contribution in [0.3, 0.4) is 0 Å². The second-order valence-corrected chi connectivity index (χ2v) is 13.0. The third kappa shape index (κ3) is 8.40. The van der Waals surface area contributed by atoms with E-state index < -0.39 is 104 Å². The zero-order valence-corrected chi connectivity index (χ0v) is 29.3. The Kier molecular flexibility index (Phi) is 12.1. The topological polar surface area (TPSA) is 304 Å². The summed E-state index contributed by atoms with van der Waals surface area (Å²) in [6, 6.07) is 10.3. The maximum Gasteiger partial charge on any atom is 0.330 e. The van der Waals surface area contributed by atoms with Gasteiger partial charge >= 0.3 is 5.97 Å². The highest BCUT2D eigenvalue weighted by molar-refractivity contribution is 5.87. The SMILES string of the molecule is COc1cc(C=CC(=O)OC[C@H]2O[C@@H](OC3=Cc4c(cc(O)cc4O[C@@H]4O[C@H](CO)[C@@H](O)[C@H](O)[C@H]4O)OC3c3ccc(O)c(O)c3)[C@H](O)[C@@H](O)[C@@H]2O)ccc1O. The molecule has 2 saturated heterocycles. The second-order valence-electron chi connectivity index (χ2n) is 13.0. The minimum atomic E-state index is -1.91. The molecular weight excluding hydrogens is 748 g/mol. The Balaban J connectivity index is 1.27. The van der Waals surface area contributed by atoms with Crippen molar-refractivity contribution in [1.29, 1.82) is 0 Å². The number of hydrogen-bond donors (Lipinski definition) is 11. The number of benzene rings is 3. The van der Waals surface area contributed by atoms with Gasteiger partial charge in [0.2, 0.25) is 12.6 Å². The van der Waals surface area contributed by atoms with Crippen LogP contribution < -0.4 is 14.2 Å². The molecule has 0 bridgehead atoms. The molecule has 3 heterocycles. The molecule has 0 aliphatic carbocycles. The number of aliphatic hydroxyl groups excluding tert-OH is 7. The second kappa shape index (κ2) is 16.8. The summed E-state index contributed by atoms with van der Waals surface area (Å²) >= 11 is 0. The molecule has 19 nitrogen and oxygen atoms in total. The number of esters is 1. The Bertz CT molecular complexity index is 1950. The van der Waals surface area contributed by atoms with Crippen molar-refractivity contribution in [2.75, 3.05) is 20.3 Å². The lowest BCUT2D eigenvalue weighted by Crippen LogP contribution is -2.60. The summed E-state index contributed by atoms with van der Waals surface area (Å²) < 4.78 is 39.5. The highest BCUT2D eigenvalue weighted by atomic mass is 16.7. The molecule has 2 fully saturated rings. The maximum absolute atomic E-state index is 12.6. The summed E-state index contributed by atoms with van der Waals surface area (Å²) in [6.45, 7) is -1.38. The predicted molar refractivity (Wildman–Crippen MR) is 186 cm³/mol. The average Bonchev–Trinajstić information content (AvgIpc) is 3.18. The summed E-state index contributed by atoms with van der Waals surface area (Å²) in [6.07, 6.45) is -14.8. The number of fused-ring (bicyclic) bond motifs is 1. The van der Waals surface area contributed by atoms with Gasteiger partial charge in [-0.1, -0.05) is 12.1 Å². The summed E-state index contributed by atoms with van der Waals surface area (Å²) in [5, 5.41) is 114. The van der Waals surface area contributed by atoms with Crippen LogP contribution in [0.1, 0.15) is 22.8 Å². The van der Waals surface area contributed by atoms with Crippen LogP contribution in [0.25, 0.3) is 12.2 Å². The van der Waals surface area contributed by atoms with Gasteiger partial charge in [-0.05, 0) is 42.0 Å². The smallest absolute Gasteiger partial charge is 0.330 e. The Labute approximate surface area is 317 Å². The first-order valence-electron chi connectivity index (χ1n) is 17.0. The molecule has 0 radical (unpaired) electrons. The van der Waals surface area contributed by atoms with Crippen LogP contribution >= 0.6 is 0 Å². The van der Waals surface area contributed by atoms with Gasteiger partial charge in [-0.3, -0.25) is 0 Å². The number of hydrogen-bond acceptors (Lipinski definition) is 19. The van der Waals surface area contributed by atoms with Crippen molar-refractivity contribution in [2.45, 2.75) is 67.5 Å². The lowest BCUT2D eigenvalue weighted by molar-refractivity contribution is -0.294. The van der Waals surface area contributed by atoms with Crippen molar-refractivity contribution in [1.82, 2.24) is 0 Å². The standard InChI is InChI=1S/C37H40O19/c1-50-24-8-15(2-5-20(24)41)3-7-28(43)51-14-27-30(45)32(47)34(49)37(56-27)54-25-12-18-22(52-35(25)16-4-6-19(40)21(42)9-16)10-17(39)11-23(18)53-36-33(48)31(46)29(44)26(13-38)55-36/h2-12,26-27,29-42,44-49H,13-14H2,1H3/t26-,27-,29-,30-,31+,32+,33-,34-,35?,36-,37-/m1/s1. The van der Waals surface area contributed by atoms with Gasteiger partial charge in [0.25, 0.3) is 0 Å². The highest BCUT2D eigenvalue weighted by Crippen LogP contribution is 2.46. The van der Waals surface area contributed by atoms with Gasteiger partial charge in [0.05, 0.1) is 19.3 Å². The van der Waals surface area contributed by atoms with Gasteiger partial charge in [-0.25, -0.2) is 4.79 Å². The van der Waals surface area contributed by atoms with Crippen LogP contribution in [-0.4, -0.2) is 144 Å². The average molecular weight is 789 g/mol. The summed E-state index contributed by atoms with van der Waals surface area (Å²) in [7, 11) is 1.36. The van der Waals surface area contributed by atoms with Gasteiger partial charge in [-0.15, -0.1) is 0 Å². The van der Waals surface area contributed by atoms with E-state index in [1.165, 1.54) is 49.6 Å². The van der Waals surface area contributed by atoms with Crippen LogP contribution in [0.15, 0.2) is 60.4 Å². The lowest BCUT2D eigenvalue weighted by Gasteiger charge is -2.41. The van der Waals surface area contributed by atoms with Crippen molar-refractivity contribution in [3.8, 4) is 40.2 Å².